The van der Waals surface area contributed by atoms with Crippen molar-refractivity contribution in [1.29, 1.82) is 0 Å². The number of rotatable bonds is 2. The summed E-state index contributed by atoms with van der Waals surface area (Å²) >= 11 is 0. The first kappa shape index (κ1) is 13.6. The molecule has 2 N–H and O–H groups in total. The second kappa shape index (κ2) is 4.88. The molecule has 0 atom stereocenters. The third kappa shape index (κ3) is 2.05. The van der Waals surface area contributed by atoms with E-state index in [9.17, 15) is 14.4 Å². The summed E-state index contributed by atoms with van der Waals surface area (Å²) in [6.45, 7) is 0. The van der Waals surface area contributed by atoms with Gasteiger partial charge in [0.25, 0.3) is 0 Å². The molecule has 0 amide bonds. The molecule has 3 rings (SSSR count). The number of ether oxygens (including phenoxy) is 2. The van der Waals surface area contributed by atoms with Gasteiger partial charge in [0, 0.05) is 0 Å². The summed E-state index contributed by atoms with van der Waals surface area (Å²) in [4.78, 5) is 34.0. The molecule has 2 aromatic carbocycles. The van der Waals surface area contributed by atoms with Gasteiger partial charge >= 0.3 is 12.3 Å². The van der Waals surface area contributed by atoms with Crippen LogP contribution >= 0.6 is 0 Å². The maximum absolute atomic E-state index is 12.5. The Labute approximate surface area is 123 Å². The van der Waals surface area contributed by atoms with Gasteiger partial charge in [0.15, 0.2) is 0 Å². The topological polar surface area (TPSA) is 110 Å². The maximum atomic E-state index is 12.5. The lowest BCUT2D eigenvalue weighted by molar-refractivity contribution is 0.103. The molecule has 2 aromatic rings. The summed E-state index contributed by atoms with van der Waals surface area (Å²) in [5, 5.41) is 17.5. The van der Waals surface area contributed by atoms with E-state index in [0.717, 1.165) is 0 Å². The Morgan fingerprint density at radius 2 is 1.18 bits per heavy atom. The molecule has 0 saturated heterocycles. The number of benzene rings is 2. The van der Waals surface area contributed by atoms with Crippen LogP contribution in [0.5, 0.6) is 11.5 Å². The Hall–Kier alpha value is -3.35. The molecule has 1 aliphatic carbocycles. The Morgan fingerprint density at radius 1 is 0.773 bits per heavy atom. The van der Waals surface area contributed by atoms with E-state index in [1.54, 1.807) is 24.3 Å². The van der Waals surface area contributed by atoms with Crippen LogP contribution in [0.4, 0.5) is 9.59 Å². The minimum Gasteiger partial charge on any atom is -0.449 e. The molecule has 0 spiro atoms. The molecule has 7 heteroatoms. The molecule has 110 valence electrons. The maximum Gasteiger partial charge on any atom is 0.511 e. The summed E-state index contributed by atoms with van der Waals surface area (Å²) in [6, 6.07) is 9.05. The normalized spacial score (nSPS) is 11.5. The van der Waals surface area contributed by atoms with Crippen molar-refractivity contribution < 1.29 is 34.1 Å². The van der Waals surface area contributed by atoms with E-state index in [0.29, 0.717) is 11.1 Å². The van der Waals surface area contributed by atoms with Crippen LogP contribution in [0, 0.1) is 0 Å². The predicted molar refractivity (Wildman–Crippen MR) is 72.6 cm³/mol. The Morgan fingerprint density at radius 3 is 1.55 bits per heavy atom. The van der Waals surface area contributed by atoms with Crippen LogP contribution in [0.25, 0.3) is 11.1 Å². The number of hydrogen-bond acceptors (Lipinski definition) is 5. The van der Waals surface area contributed by atoms with E-state index in [1.165, 1.54) is 12.1 Å². The van der Waals surface area contributed by atoms with Crippen LogP contribution in [0.3, 0.4) is 0 Å². The molecule has 1 aliphatic rings. The van der Waals surface area contributed by atoms with Crippen molar-refractivity contribution in [1.82, 2.24) is 0 Å². The minimum atomic E-state index is -1.54. The number of carbonyl (C=O) groups is 3. The van der Waals surface area contributed by atoms with Crippen molar-refractivity contribution in [3.63, 3.8) is 0 Å². The van der Waals surface area contributed by atoms with Gasteiger partial charge < -0.3 is 19.7 Å². The van der Waals surface area contributed by atoms with Crippen molar-refractivity contribution in [3.8, 4) is 22.6 Å². The van der Waals surface area contributed by atoms with Gasteiger partial charge in [-0.15, -0.1) is 0 Å². The molecular formula is C15H8O7. The summed E-state index contributed by atoms with van der Waals surface area (Å²) < 4.78 is 9.24. The van der Waals surface area contributed by atoms with Crippen LogP contribution < -0.4 is 9.47 Å². The SMILES string of the molecule is O=C(O)Oc1cccc2c1C(=O)c1c(OC(=O)O)cccc1-2. The molecule has 22 heavy (non-hydrogen) atoms. The highest BCUT2D eigenvalue weighted by Crippen LogP contribution is 2.44. The van der Waals surface area contributed by atoms with Crippen LogP contribution in [-0.4, -0.2) is 28.3 Å². The van der Waals surface area contributed by atoms with Crippen LogP contribution in [-0.2, 0) is 0 Å². The van der Waals surface area contributed by atoms with Gasteiger partial charge in [-0.3, -0.25) is 4.79 Å². The molecule has 0 bridgehead atoms. The zero-order chi connectivity index (χ0) is 15.9. The Bertz CT molecular complexity index is 755. The fraction of sp³-hybridized carbons (Fsp3) is 0. The summed E-state index contributed by atoms with van der Waals surface area (Å²) in [6.07, 6.45) is -3.08. The van der Waals surface area contributed by atoms with E-state index in [2.05, 4.69) is 9.47 Å². The van der Waals surface area contributed by atoms with Crippen molar-refractivity contribution in [2.45, 2.75) is 0 Å². The van der Waals surface area contributed by atoms with E-state index in [1.807, 2.05) is 0 Å². The molecule has 0 heterocycles. The van der Waals surface area contributed by atoms with Gasteiger partial charge in [0.1, 0.15) is 11.5 Å². The predicted octanol–water partition coefficient (Wildman–Crippen LogP) is 3.01. The highest BCUT2D eigenvalue weighted by Gasteiger charge is 2.33. The molecule has 0 unspecified atom stereocenters. The molecular weight excluding hydrogens is 292 g/mol. The summed E-state index contributed by atoms with van der Waals surface area (Å²) in [5.41, 5.74) is 1.08. The largest absolute Gasteiger partial charge is 0.511 e. The van der Waals surface area contributed by atoms with Gasteiger partial charge in [-0.25, -0.2) is 9.59 Å². The average Bonchev–Trinajstić information content (AvgIpc) is 2.73. The van der Waals surface area contributed by atoms with E-state index >= 15 is 0 Å². The van der Waals surface area contributed by atoms with Gasteiger partial charge in [-0.05, 0) is 23.3 Å². The highest BCUT2D eigenvalue weighted by molar-refractivity contribution is 6.24. The van der Waals surface area contributed by atoms with Gasteiger partial charge in [-0.2, -0.15) is 0 Å². The molecule has 0 radical (unpaired) electrons. The Kier molecular flexibility index (Phi) is 3.03. The smallest absolute Gasteiger partial charge is 0.449 e. The zero-order valence-corrected chi connectivity index (χ0v) is 10.9. The van der Waals surface area contributed by atoms with Crippen molar-refractivity contribution in [2.75, 3.05) is 0 Å². The lowest BCUT2D eigenvalue weighted by Crippen LogP contribution is -2.09. The number of carbonyl (C=O) groups excluding carboxylic acids is 1. The summed E-state index contributed by atoms with van der Waals surface area (Å²) in [5.74, 6) is -0.751. The highest BCUT2D eigenvalue weighted by atomic mass is 16.7. The molecule has 0 fully saturated rings. The minimum absolute atomic E-state index is 0.0707. The van der Waals surface area contributed by atoms with E-state index < -0.39 is 18.1 Å². The lowest BCUT2D eigenvalue weighted by atomic mass is 10.1. The molecule has 0 aliphatic heterocycles. The number of fused-ring (bicyclic) bond motifs is 3. The second-order valence-corrected chi connectivity index (χ2v) is 4.42. The fourth-order valence-electron chi connectivity index (χ4n) is 2.46. The standard InChI is InChI=1S/C15H8O7/c16-13-11-7(3-1-5-9(11)21-14(17)18)8-4-2-6-10(12(8)13)22-15(19)20/h1-6H,(H,17,18)(H,19,20). The van der Waals surface area contributed by atoms with Crippen LogP contribution in [0.15, 0.2) is 36.4 Å². The monoisotopic (exact) mass is 300 g/mol. The Balaban J connectivity index is 2.19. The molecule has 0 aromatic heterocycles. The van der Waals surface area contributed by atoms with Crippen molar-refractivity contribution >= 4 is 18.1 Å². The van der Waals surface area contributed by atoms with E-state index in [4.69, 9.17) is 10.2 Å². The first-order valence-electron chi connectivity index (χ1n) is 6.11. The van der Waals surface area contributed by atoms with Crippen molar-refractivity contribution in [3.05, 3.63) is 47.5 Å². The first-order valence-corrected chi connectivity index (χ1v) is 6.11. The van der Waals surface area contributed by atoms with Gasteiger partial charge in [0.2, 0.25) is 5.78 Å². The molecule has 7 nitrogen and oxygen atoms in total. The second-order valence-electron chi connectivity index (χ2n) is 4.42. The quantitative estimate of drug-likeness (QED) is 0.552. The number of hydrogen-bond donors (Lipinski definition) is 2. The van der Waals surface area contributed by atoms with Crippen molar-refractivity contribution in [2.24, 2.45) is 0 Å². The summed E-state index contributed by atoms with van der Waals surface area (Å²) in [7, 11) is 0. The number of carboxylic acid groups (broad SMARTS) is 2. The first-order chi connectivity index (χ1) is 10.5. The van der Waals surface area contributed by atoms with Gasteiger partial charge in [-0.1, -0.05) is 24.3 Å². The average molecular weight is 300 g/mol. The third-order valence-corrected chi connectivity index (χ3v) is 3.19. The lowest BCUT2D eigenvalue weighted by Gasteiger charge is -2.05. The van der Waals surface area contributed by atoms with Crippen LogP contribution in [0.2, 0.25) is 0 Å². The molecule has 0 saturated carbocycles. The number of ketones is 1. The van der Waals surface area contributed by atoms with Crippen LogP contribution in [0.1, 0.15) is 15.9 Å². The van der Waals surface area contributed by atoms with Gasteiger partial charge in [0.05, 0.1) is 11.1 Å². The van der Waals surface area contributed by atoms with E-state index in [-0.39, 0.29) is 22.6 Å². The zero-order valence-electron chi connectivity index (χ0n) is 10.9. The third-order valence-electron chi connectivity index (χ3n) is 3.19. The fourth-order valence-corrected chi connectivity index (χ4v) is 2.46.